The summed E-state index contributed by atoms with van der Waals surface area (Å²) in [5, 5.41) is 0. The zero-order valence-corrected chi connectivity index (χ0v) is 9.06. The normalized spacial score (nSPS) is 10.5. The Kier molecular flexibility index (Phi) is 4.54. The molecule has 0 amide bonds. The van der Waals surface area contributed by atoms with Crippen molar-refractivity contribution in [3.05, 3.63) is 35.4 Å². The second-order valence-electron chi connectivity index (χ2n) is 3.19. The molecule has 0 atom stereocenters. The van der Waals surface area contributed by atoms with Crippen molar-refractivity contribution in [3.63, 3.8) is 0 Å². The van der Waals surface area contributed by atoms with Crippen molar-refractivity contribution in [1.29, 1.82) is 0 Å². The standard InChI is InChI=1S/C12H15NO2/c1-3-15-12(14)9-13-8-11-6-4-5-10(2)7-11/h4-8H,3,9H2,1-2H3. The first-order valence-corrected chi connectivity index (χ1v) is 4.94. The average molecular weight is 205 g/mol. The number of hydrogen-bond acceptors (Lipinski definition) is 3. The van der Waals surface area contributed by atoms with E-state index in [0.717, 1.165) is 5.56 Å². The topological polar surface area (TPSA) is 38.7 Å². The molecule has 15 heavy (non-hydrogen) atoms. The molecule has 0 aliphatic carbocycles. The van der Waals surface area contributed by atoms with E-state index in [2.05, 4.69) is 4.99 Å². The minimum atomic E-state index is -0.290. The molecule has 0 saturated carbocycles. The molecule has 0 spiro atoms. The van der Waals surface area contributed by atoms with Crippen LogP contribution in [0.1, 0.15) is 18.1 Å². The maximum Gasteiger partial charge on any atom is 0.327 e. The van der Waals surface area contributed by atoms with E-state index in [9.17, 15) is 4.79 Å². The summed E-state index contributed by atoms with van der Waals surface area (Å²) >= 11 is 0. The predicted octanol–water partition coefficient (Wildman–Crippen LogP) is 1.98. The Morgan fingerprint density at radius 3 is 3.00 bits per heavy atom. The van der Waals surface area contributed by atoms with Crippen molar-refractivity contribution in [1.82, 2.24) is 0 Å². The van der Waals surface area contributed by atoms with Crippen LogP contribution in [0, 0.1) is 6.92 Å². The van der Waals surface area contributed by atoms with Gasteiger partial charge in [0.1, 0.15) is 6.54 Å². The van der Waals surface area contributed by atoms with Gasteiger partial charge in [0.2, 0.25) is 0 Å². The molecule has 1 aromatic rings. The van der Waals surface area contributed by atoms with E-state index < -0.39 is 0 Å². The van der Waals surface area contributed by atoms with Crippen molar-refractivity contribution in [2.24, 2.45) is 4.99 Å². The highest BCUT2D eigenvalue weighted by atomic mass is 16.5. The van der Waals surface area contributed by atoms with Crippen LogP contribution in [0.25, 0.3) is 0 Å². The molecule has 0 aromatic heterocycles. The van der Waals surface area contributed by atoms with Crippen LogP contribution < -0.4 is 0 Å². The summed E-state index contributed by atoms with van der Waals surface area (Å²) in [7, 11) is 0. The number of aliphatic imine (C=N–C) groups is 1. The third-order valence-corrected chi connectivity index (χ3v) is 1.81. The van der Waals surface area contributed by atoms with Crippen LogP contribution in [0.5, 0.6) is 0 Å². The lowest BCUT2D eigenvalue weighted by atomic mass is 10.2. The van der Waals surface area contributed by atoms with Crippen LogP contribution in [0.2, 0.25) is 0 Å². The number of hydrogen-bond donors (Lipinski definition) is 0. The number of carbonyl (C=O) groups is 1. The fourth-order valence-electron chi connectivity index (χ4n) is 1.18. The Labute approximate surface area is 89.8 Å². The first kappa shape index (κ1) is 11.4. The van der Waals surface area contributed by atoms with E-state index in [0.29, 0.717) is 6.61 Å². The SMILES string of the molecule is CCOC(=O)CN=Cc1cccc(C)c1. The summed E-state index contributed by atoms with van der Waals surface area (Å²) in [6.07, 6.45) is 1.68. The number of rotatable bonds is 4. The number of carbonyl (C=O) groups excluding carboxylic acids is 1. The summed E-state index contributed by atoms with van der Waals surface area (Å²) in [6, 6.07) is 7.93. The molecule has 3 nitrogen and oxygen atoms in total. The van der Waals surface area contributed by atoms with E-state index in [1.165, 1.54) is 5.56 Å². The van der Waals surface area contributed by atoms with Crippen LogP contribution in [-0.2, 0) is 9.53 Å². The lowest BCUT2D eigenvalue weighted by molar-refractivity contribution is -0.141. The minimum Gasteiger partial charge on any atom is -0.465 e. The van der Waals surface area contributed by atoms with E-state index in [1.54, 1.807) is 13.1 Å². The Hall–Kier alpha value is -1.64. The molecule has 80 valence electrons. The first-order chi connectivity index (χ1) is 7.22. The lowest BCUT2D eigenvalue weighted by Crippen LogP contribution is -2.07. The smallest absolute Gasteiger partial charge is 0.327 e. The lowest BCUT2D eigenvalue weighted by Gasteiger charge is -1.97. The van der Waals surface area contributed by atoms with Crippen LogP contribution in [0.3, 0.4) is 0 Å². The number of ether oxygens (including phenoxy) is 1. The van der Waals surface area contributed by atoms with Crippen molar-refractivity contribution in [2.75, 3.05) is 13.2 Å². The number of nitrogens with zero attached hydrogens (tertiary/aromatic N) is 1. The first-order valence-electron chi connectivity index (χ1n) is 4.94. The van der Waals surface area contributed by atoms with Gasteiger partial charge < -0.3 is 4.74 Å². The molecular formula is C12H15NO2. The summed E-state index contributed by atoms with van der Waals surface area (Å²) in [5.74, 6) is -0.290. The summed E-state index contributed by atoms with van der Waals surface area (Å²) in [4.78, 5) is 15.0. The largest absolute Gasteiger partial charge is 0.465 e. The molecule has 0 fully saturated rings. The molecule has 0 unspecified atom stereocenters. The third-order valence-electron chi connectivity index (χ3n) is 1.81. The van der Waals surface area contributed by atoms with Crippen LogP contribution in [0.15, 0.2) is 29.3 Å². The highest BCUT2D eigenvalue weighted by Gasteiger charge is 1.96. The Bertz CT molecular complexity index is 358. The quantitative estimate of drug-likeness (QED) is 0.557. The maximum atomic E-state index is 11.0. The molecular weight excluding hydrogens is 190 g/mol. The highest BCUT2D eigenvalue weighted by molar-refractivity contribution is 5.82. The molecule has 0 aliphatic rings. The van der Waals surface area contributed by atoms with Crippen molar-refractivity contribution < 1.29 is 9.53 Å². The number of aryl methyl sites for hydroxylation is 1. The van der Waals surface area contributed by atoms with Crippen molar-refractivity contribution in [3.8, 4) is 0 Å². The van der Waals surface area contributed by atoms with Crippen LogP contribution in [0.4, 0.5) is 0 Å². The zero-order valence-electron chi connectivity index (χ0n) is 9.06. The second kappa shape index (κ2) is 5.96. The van der Waals surface area contributed by atoms with Gasteiger partial charge in [0.15, 0.2) is 0 Å². The van der Waals surface area contributed by atoms with Gasteiger partial charge in [-0.3, -0.25) is 9.79 Å². The van der Waals surface area contributed by atoms with Gasteiger partial charge in [-0.1, -0.05) is 29.8 Å². The van der Waals surface area contributed by atoms with Gasteiger partial charge in [-0.25, -0.2) is 0 Å². The fraction of sp³-hybridized carbons (Fsp3) is 0.333. The van der Waals surface area contributed by atoms with Crippen molar-refractivity contribution >= 4 is 12.2 Å². The minimum absolute atomic E-state index is 0.0851. The van der Waals surface area contributed by atoms with Gasteiger partial charge >= 0.3 is 5.97 Å². The van der Waals surface area contributed by atoms with Crippen molar-refractivity contribution in [2.45, 2.75) is 13.8 Å². The number of esters is 1. The van der Waals surface area contributed by atoms with Gasteiger partial charge in [0.05, 0.1) is 6.61 Å². The zero-order chi connectivity index (χ0) is 11.1. The van der Waals surface area contributed by atoms with Crippen LogP contribution >= 0.6 is 0 Å². The Morgan fingerprint density at radius 1 is 1.53 bits per heavy atom. The van der Waals surface area contributed by atoms with E-state index in [4.69, 9.17) is 4.74 Å². The Balaban J connectivity index is 2.48. The van der Waals surface area contributed by atoms with Gasteiger partial charge in [0, 0.05) is 6.21 Å². The average Bonchev–Trinajstić information content (AvgIpc) is 2.18. The highest BCUT2D eigenvalue weighted by Crippen LogP contribution is 2.00. The molecule has 0 saturated heterocycles. The molecule has 1 aromatic carbocycles. The van der Waals surface area contributed by atoms with Gasteiger partial charge in [-0.2, -0.15) is 0 Å². The van der Waals surface area contributed by atoms with E-state index >= 15 is 0 Å². The maximum absolute atomic E-state index is 11.0. The van der Waals surface area contributed by atoms with E-state index in [1.807, 2.05) is 31.2 Å². The number of benzene rings is 1. The molecule has 0 bridgehead atoms. The van der Waals surface area contributed by atoms with Gasteiger partial charge in [-0.15, -0.1) is 0 Å². The monoisotopic (exact) mass is 205 g/mol. The molecule has 0 heterocycles. The Morgan fingerprint density at radius 2 is 2.33 bits per heavy atom. The summed E-state index contributed by atoms with van der Waals surface area (Å²) < 4.78 is 4.75. The van der Waals surface area contributed by atoms with Crippen LogP contribution in [-0.4, -0.2) is 25.3 Å². The molecule has 3 heteroatoms. The molecule has 0 aliphatic heterocycles. The fourth-order valence-corrected chi connectivity index (χ4v) is 1.18. The summed E-state index contributed by atoms with van der Waals surface area (Å²) in [6.45, 7) is 4.28. The van der Waals surface area contributed by atoms with E-state index in [-0.39, 0.29) is 12.5 Å². The summed E-state index contributed by atoms with van der Waals surface area (Å²) in [5.41, 5.74) is 2.18. The van der Waals surface area contributed by atoms with Gasteiger partial charge in [-0.05, 0) is 19.4 Å². The molecule has 0 N–H and O–H groups in total. The molecule has 0 radical (unpaired) electrons. The molecule has 1 rings (SSSR count). The second-order valence-corrected chi connectivity index (χ2v) is 3.19. The predicted molar refractivity (Wildman–Crippen MR) is 60.3 cm³/mol. The van der Waals surface area contributed by atoms with Gasteiger partial charge in [0.25, 0.3) is 0 Å². The third kappa shape index (κ3) is 4.40.